The van der Waals surface area contributed by atoms with Gasteiger partial charge in [-0.3, -0.25) is 4.79 Å². The lowest BCUT2D eigenvalue weighted by Crippen LogP contribution is -2.25. The van der Waals surface area contributed by atoms with E-state index in [0.29, 0.717) is 22.6 Å². The van der Waals surface area contributed by atoms with E-state index >= 15 is 0 Å². The van der Waals surface area contributed by atoms with E-state index in [0.717, 1.165) is 16.8 Å². The maximum atomic E-state index is 13.7. The topological polar surface area (TPSA) is 56.2 Å². The third-order valence-corrected chi connectivity index (χ3v) is 4.31. The lowest BCUT2D eigenvalue weighted by molar-refractivity contribution is -0.141. The molecule has 1 N–H and O–H groups in total. The molecule has 0 radical (unpaired) electrons. The molecule has 1 amide bonds. The number of fused-ring (bicyclic) bond motifs is 1. The zero-order valence-electron chi connectivity index (χ0n) is 14.5. The summed E-state index contributed by atoms with van der Waals surface area (Å²) in [5.74, 6) is -0.552. The Morgan fingerprint density at radius 2 is 1.93 bits per heavy atom. The Hall–Kier alpha value is -3.36. The molecule has 5 nitrogen and oxygen atoms in total. The number of alkyl halides is 3. The van der Waals surface area contributed by atoms with E-state index in [2.05, 4.69) is 10.4 Å². The molecule has 2 aromatic carbocycles. The Morgan fingerprint density at radius 3 is 2.68 bits per heavy atom. The van der Waals surface area contributed by atoms with Gasteiger partial charge in [-0.05, 0) is 48.9 Å². The number of anilines is 1. The number of nitrogens with zero attached hydrogens (tertiary/aromatic N) is 2. The van der Waals surface area contributed by atoms with Crippen LogP contribution in [0.1, 0.15) is 11.3 Å². The molecule has 28 heavy (non-hydrogen) atoms. The minimum Gasteiger partial charge on any atom is -0.482 e. The first-order valence-electron chi connectivity index (χ1n) is 8.23. The highest BCUT2D eigenvalue weighted by Gasteiger charge is 2.35. The first-order valence-corrected chi connectivity index (χ1v) is 8.23. The van der Waals surface area contributed by atoms with Crippen LogP contribution in [0.5, 0.6) is 5.75 Å². The van der Waals surface area contributed by atoms with Gasteiger partial charge in [-0.1, -0.05) is 6.07 Å². The quantitative estimate of drug-likeness (QED) is 0.662. The van der Waals surface area contributed by atoms with E-state index in [9.17, 15) is 22.4 Å². The van der Waals surface area contributed by atoms with Crippen LogP contribution in [0, 0.1) is 12.7 Å². The van der Waals surface area contributed by atoms with Crippen molar-refractivity contribution in [1.82, 2.24) is 9.78 Å². The molecule has 0 saturated heterocycles. The van der Waals surface area contributed by atoms with Gasteiger partial charge in [0, 0.05) is 5.56 Å². The Bertz CT molecular complexity index is 1090. The van der Waals surface area contributed by atoms with Gasteiger partial charge in [-0.15, -0.1) is 0 Å². The Morgan fingerprint density at radius 1 is 1.14 bits per heavy atom. The molecule has 0 unspecified atom stereocenters. The van der Waals surface area contributed by atoms with Gasteiger partial charge in [0.2, 0.25) is 0 Å². The molecule has 0 spiro atoms. The smallest absolute Gasteiger partial charge is 0.435 e. The Balaban J connectivity index is 1.91. The van der Waals surface area contributed by atoms with E-state index in [-0.39, 0.29) is 23.9 Å². The molecule has 0 aliphatic carbocycles. The Labute approximate surface area is 156 Å². The van der Waals surface area contributed by atoms with Gasteiger partial charge in [0.05, 0.1) is 17.1 Å². The maximum absolute atomic E-state index is 13.7. The van der Waals surface area contributed by atoms with Gasteiger partial charge < -0.3 is 10.1 Å². The third kappa shape index (κ3) is 3.19. The largest absolute Gasteiger partial charge is 0.482 e. The molecule has 0 bridgehead atoms. The number of halogens is 4. The molecule has 1 aromatic heterocycles. The highest BCUT2D eigenvalue weighted by Crippen LogP contribution is 2.37. The number of aryl methyl sites for hydroxylation is 1. The van der Waals surface area contributed by atoms with Crippen molar-refractivity contribution in [3.05, 3.63) is 59.5 Å². The van der Waals surface area contributed by atoms with E-state index in [1.165, 1.54) is 18.2 Å². The number of aromatic nitrogens is 2. The van der Waals surface area contributed by atoms with Gasteiger partial charge in [0.1, 0.15) is 11.6 Å². The van der Waals surface area contributed by atoms with Gasteiger partial charge in [0.25, 0.3) is 5.91 Å². The average Bonchev–Trinajstić information content (AvgIpc) is 3.08. The highest BCUT2D eigenvalue weighted by molar-refractivity contribution is 5.96. The second kappa shape index (κ2) is 6.36. The normalized spacial score (nSPS) is 13.7. The molecular formula is C19H13F4N3O2. The summed E-state index contributed by atoms with van der Waals surface area (Å²) >= 11 is 0. The van der Waals surface area contributed by atoms with E-state index in [4.69, 9.17) is 4.74 Å². The lowest BCUT2D eigenvalue weighted by atomic mass is 10.1. The SMILES string of the molecule is Cc1ccc(F)cc1-n1nc(C(F)(F)F)cc1-c1ccc2c(c1)NC(=O)CO2. The van der Waals surface area contributed by atoms with E-state index in [1.54, 1.807) is 19.1 Å². The molecule has 144 valence electrons. The van der Waals surface area contributed by atoms with Gasteiger partial charge >= 0.3 is 6.18 Å². The van der Waals surface area contributed by atoms with Crippen LogP contribution < -0.4 is 10.1 Å². The van der Waals surface area contributed by atoms with Crippen LogP contribution in [-0.2, 0) is 11.0 Å². The van der Waals surface area contributed by atoms with E-state index < -0.39 is 17.7 Å². The summed E-state index contributed by atoms with van der Waals surface area (Å²) in [4.78, 5) is 11.5. The highest BCUT2D eigenvalue weighted by atomic mass is 19.4. The van der Waals surface area contributed by atoms with Crippen molar-refractivity contribution in [2.24, 2.45) is 0 Å². The molecule has 0 saturated carbocycles. The number of hydrogen-bond acceptors (Lipinski definition) is 3. The van der Waals surface area contributed by atoms with Crippen LogP contribution in [0.15, 0.2) is 42.5 Å². The first kappa shape index (κ1) is 18.0. The molecule has 1 aliphatic rings. The summed E-state index contributed by atoms with van der Waals surface area (Å²) < 4.78 is 59.9. The fraction of sp³-hybridized carbons (Fsp3) is 0.158. The summed E-state index contributed by atoms with van der Waals surface area (Å²) in [5, 5.41) is 6.27. The number of benzene rings is 2. The van der Waals surface area contributed by atoms with Crippen molar-refractivity contribution < 1.29 is 27.1 Å². The monoisotopic (exact) mass is 391 g/mol. The van der Waals surface area contributed by atoms with Crippen LogP contribution in [-0.4, -0.2) is 22.3 Å². The van der Waals surface area contributed by atoms with Crippen LogP contribution in [0.3, 0.4) is 0 Å². The van der Waals surface area contributed by atoms with Gasteiger partial charge in [-0.2, -0.15) is 18.3 Å². The number of hydrogen-bond donors (Lipinski definition) is 1. The van der Waals surface area contributed by atoms with Crippen molar-refractivity contribution in [1.29, 1.82) is 0 Å². The number of amides is 1. The van der Waals surface area contributed by atoms with Crippen molar-refractivity contribution in [3.8, 4) is 22.7 Å². The number of rotatable bonds is 2. The van der Waals surface area contributed by atoms with E-state index in [1.807, 2.05) is 0 Å². The van der Waals surface area contributed by atoms with Crippen molar-refractivity contribution in [3.63, 3.8) is 0 Å². The fourth-order valence-corrected chi connectivity index (χ4v) is 2.96. The lowest BCUT2D eigenvalue weighted by Gasteiger charge is -2.19. The van der Waals surface area contributed by atoms with Crippen molar-refractivity contribution in [2.75, 3.05) is 11.9 Å². The number of carbonyl (C=O) groups excluding carboxylic acids is 1. The summed E-state index contributed by atoms with van der Waals surface area (Å²) in [5.41, 5.74) is 0.424. The standard InChI is InChI=1S/C19H13F4N3O2/c1-10-2-4-12(20)7-14(10)26-15(8-17(25-26)19(21,22)23)11-3-5-16-13(6-11)24-18(27)9-28-16/h2-8H,9H2,1H3,(H,24,27). The number of ether oxygens (including phenoxy) is 1. The fourth-order valence-electron chi connectivity index (χ4n) is 2.96. The second-order valence-corrected chi connectivity index (χ2v) is 6.30. The number of carbonyl (C=O) groups is 1. The molecule has 4 rings (SSSR count). The van der Waals surface area contributed by atoms with Gasteiger partial charge in [0.15, 0.2) is 12.3 Å². The van der Waals surface area contributed by atoms with Crippen molar-refractivity contribution >= 4 is 11.6 Å². The summed E-state index contributed by atoms with van der Waals surface area (Å²) in [6.07, 6.45) is -4.67. The molecular weight excluding hydrogens is 378 g/mol. The zero-order chi connectivity index (χ0) is 20.1. The average molecular weight is 391 g/mol. The predicted octanol–water partition coefficient (Wildman–Crippen LogP) is 4.34. The maximum Gasteiger partial charge on any atom is 0.435 e. The van der Waals surface area contributed by atoms with Crippen LogP contribution in [0.25, 0.3) is 16.9 Å². The first-order chi connectivity index (χ1) is 13.2. The predicted molar refractivity (Wildman–Crippen MR) is 92.8 cm³/mol. The van der Waals surface area contributed by atoms with Crippen LogP contribution in [0.4, 0.5) is 23.2 Å². The zero-order valence-corrected chi connectivity index (χ0v) is 14.5. The molecule has 0 fully saturated rings. The van der Waals surface area contributed by atoms with Gasteiger partial charge in [-0.25, -0.2) is 9.07 Å². The molecule has 2 heterocycles. The summed E-state index contributed by atoms with van der Waals surface area (Å²) in [6.45, 7) is 1.51. The Kier molecular flexibility index (Phi) is 4.10. The third-order valence-electron chi connectivity index (χ3n) is 4.31. The second-order valence-electron chi connectivity index (χ2n) is 6.30. The van der Waals surface area contributed by atoms with Crippen LogP contribution >= 0.6 is 0 Å². The number of nitrogens with one attached hydrogen (secondary N) is 1. The molecule has 9 heteroatoms. The molecule has 0 atom stereocenters. The van der Waals surface area contributed by atoms with Crippen LogP contribution in [0.2, 0.25) is 0 Å². The minimum absolute atomic E-state index is 0.101. The molecule has 3 aromatic rings. The minimum atomic E-state index is -4.67. The molecule has 1 aliphatic heterocycles. The van der Waals surface area contributed by atoms with Crippen molar-refractivity contribution in [2.45, 2.75) is 13.1 Å². The summed E-state index contributed by atoms with van der Waals surface area (Å²) in [7, 11) is 0. The summed E-state index contributed by atoms with van der Waals surface area (Å²) in [6, 6.07) is 9.29.